The molecule has 5 rings (SSSR count). The number of nitrogens with zero attached hydrogens (tertiary/aromatic N) is 3. The number of pyridine rings is 1. The number of carbonyl (C=O) groups is 1. The quantitative estimate of drug-likeness (QED) is 0.778. The first-order chi connectivity index (χ1) is 14.4. The maximum atomic E-state index is 15.9. The average molecular weight is 418 g/mol. The third kappa shape index (κ3) is 3.12. The standard InChI is InChI=1S/C21H24F2N4O3/c1-25-6-8-26(9-7-25)19-15(22)17(24-11-2-3-11)14-18(16(19)23)27(12-4-5-12)10-13(20(14)28)21(29)30/h10-12,24H,2-9H2,1H3,(H,29,30). The van der Waals surface area contributed by atoms with E-state index in [1.165, 1.54) is 10.8 Å². The highest BCUT2D eigenvalue weighted by Gasteiger charge is 2.35. The third-order valence-corrected chi connectivity index (χ3v) is 6.24. The van der Waals surface area contributed by atoms with Gasteiger partial charge in [-0.25, -0.2) is 13.6 Å². The summed E-state index contributed by atoms with van der Waals surface area (Å²) in [5.74, 6) is -2.98. The van der Waals surface area contributed by atoms with Crippen LogP contribution >= 0.6 is 0 Å². The molecule has 1 saturated heterocycles. The summed E-state index contributed by atoms with van der Waals surface area (Å²) in [7, 11) is 1.96. The largest absolute Gasteiger partial charge is 0.477 e. The van der Waals surface area contributed by atoms with Crippen molar-refractivity contribution in [2.75, 3.05) is 43.4 Å². The first-order valence-electron chi connectivity index (χ1n) is 10.4. The predicted octanol–water partition coefficient (Wildman–Crippen LogP) is 2.64. The monoisotopic (exact) mass is 418 g/mol. The predicted molar refractivity (Wildman–Crippen MR) is 110 cm³/mol. The van der Waals surface area contributed by atoms with Crippen molar-refractivity contribution in [1.82, 2.24) is 9.47 Å². The zero-order valence-electron chi connectivity index (χ0n) is 16.8. The first kappa shape index (κ1) is 19.3. The number of anilines is 2. The molecule has 0 unspecified atom stereocenters. The molecule has 2 saturated carbocycles. The van der Waals surface area contributed by atoms with Gasteiger partial charge in [-0.05, 0) is 32.7 Å². The molecule has 2 aliphatic carbocycles. The molecule has 2 N–H and O–H groups in total. The van der Waals surface area contributed by atoms with E-state index in [4.69, 9.17) is 0 Å². The van der Waals surface area contributed by atoms with Crippen molar-refractivity contribution >= 4 is 28.2 Å². The molecule has 7 nitrogen and oxygen atoms in total. The fourth-order valence-corrected chi connectivity index (χ4v) is 4.19. The Morgan fingerprint density at radius 3 is 2.33 bits per heavy atom. The number of hydrogen-bond acceptors (Lipinski definition) is 5. The lowest BCUT2D eigenvalue weighted by molar-refractivity contribution is 0.0695. The number of nitrogens with one attached hydrogen (secondary N) is 1. The van der Waals surface area contributed by atoms with Crippen LogP contribution in [-0.2, 0) is 0 Å². The van der Waals surface area contributed by atoms with E-state index in [-0.39, 0.29) is 34.4 Å². The first-order valence-corrected chi connectivity index (χ1v) is 10.4. The molecule has 1 aromatic heterocycles. The summed E-state index contributed by atoms with van der Waals surface area (Å²) < 4.78 is 33.2. The van der Waals surface area contributed by atoms with E-state index in [1.807, 2.05) is 7.05 Å². The second-order valence-corrected chi connectivity index (χ2v) is 8.60. The van der Waals surface area contributed by atoms with Gasteiger partial charge in [0, 0.05) is 44.5 Å². The number of carboxylic acids is 1. The highest BCUT2D eigenvalue weighted by Crippen LogP contribution is 2.43. The van der Waals surface area contributed by atoms with Gasteiger partial charge in [0.05, 0.1) is 16.6 Å². The minimum Gasteiger partial charge on any atom is -0.477 e. The molecule has 3 fully saturated rings. The minimum atomic E-state index is -1.39. The van der Waals surface area contributed by atoms with Gasteiger partial charge in [0.15, 0.2) is 11.6 Å². The lowest BCUT2D eigenvalue weighted by Crippen LogP contribution is -2.45. The van der Waals surface area contributed by atoms with Crippen LogP contribution in [-0.4, -0.2) is 59.8 Å². The van der Waals surface area contributed by atoms with Crippen LogP contribution in [0.4, 0.5) is 20.2 Å². The molecule has 0 radical (unpaired) electrons. The SMILES string of the molecule is CN1CCN(c2c(F)c(NC3CC3)c3c(=O)c(C(=O)O)cn(C4CC4)c3c2F)CC1. The molecule has 160 valence electrons. The van der Waals surface area contributed by atoms with Gasteiger partial charge in [0.2, 0.25) is 5.43 Å². The van der Waals surface area contributed by atoms with E-state index in [2.05, 4.69) is 10.2 Å². The Hall–Kier alpha value is -2.68. The zero-order chi connectivity index (χ0) is 21.2. The summed E-state index contributed by atoms with van der Waals surface area (Å²) in [4.78, 5) is 28.5. The van der Waals surface area contributed by atoms with E-state index < -0.39 is 28.6 Å². The van der Waals surface area contributed by atoms with Crippen LogP contribution in [0.1, 0.15) is 42.1 Å². The molecule has 2 aromatic rings. The smallest absolute Gasteiger partial charge is 0.341 e. The summed E-state index contributed by atoms with van der Waals surface area (Å²) in [6, 6.07) is -0.0731. The topological polar surface area (TPSA) is 77.8 Å². The molecule has 30 heavy (non-hydrogen) atoms. The van der Waals surface area contributed by atoms with Crippen LogP contribution in [0.25, 0.3) is 10.9 Å². The lowest BCUT2D eigenvalue weighted by atomic mass is 10.0. The van der Waals surface area contributed by atoms with Gasteiger partial charge >= 0.3 is 5.97 Å². The summed E-state index contributed by atoms with van der Waals surface area (Å²) in [6.07, 6.45) is 4.42. The van der Waals surface area contributed by atoms with Crippen LogP contribution in [0.15, 0.2) is 11.0 Å². The van der Waals surface area contributed by atoms with Gasteiger partial charge < -0.3 is 24.8 Å². The number of aromatic carboxylic acids is 1. The van der Waals surface area contributed by atoms with Gasteiger partial charge in [-0.1, -0.05) is 0 Å². The number of piperazine rings is 1. The lowest BCUT2D eigenvalue weighted by Gasteiger charge is -2.35. The number of rotatable bonds is 5. The van der Waals surface area contributed by atoms with Gasteiger partial charge in [0.1, 0.15) is 11.3 Å². The van der Waals surface area contributed by atoms with Crippen molar-refractivity contribution in [3.8, 4) is 0 Å². The Morgan fingerprint density at radius 1 is 1.10 bits per heavy atom. The maximum Gasteiger partial charge on any atom is 0.341 e. The zero-order valence-corrected chi connectivity index (χ0v) is 16.8. The number of fused-ring (bicyclic) bond motifs is 1. The van der Waals surface area contributed by atoms with Crippen LogP contribution in [0, 0.1) is 11.6 Å². The van der Waals surface area contributed by atoms with E-state index in [0.717, 1.165) is 25.7 Å². The third-order valence-electron chi connectivity index (χ3n) is 6.24. The Labute approximate surface area is 171 Å². The fraction of sp³-hybridized carbons (Fsp3) is 0.524. The summed E-state index contributed by atoms with van der Waals surface area (Å²) in [5.41, 5.74) is -1.49. The molecular formula is C21H24F2N4O3. The summed E-state index contributed by atoms with van der Waals surface area (Å²) in [6.45, 7) is 2.30. The van der Waals surface area contributed by atoms with E-state index in [1.54, 1.807) is 4.90 Å². The normalized spacial score (nSPS) is 20.0. The Bertz CT molecular complexity index is 1100. The van der Waals surface area contributed by atoms with Crippen molar-refractivity contribution in [2.24, 2.45) is 0 Å². The highest BCUT2D eigenvalue weighted by atomic mass is 19.1. The van der Waals surface area contributed by atoms with E-state index >= 15 is 8.78 Å². The van der Waals surface area contributed by atoms with Crippen LogP contribution in [0.3, 0.4) is 0 Å². The molecular weight excluding hydrogens is 394 g/mol. The average Bonchev–Trinajstić information content (AvgIpc) is 3.60. The number of hydrogen-bond donors (Lipinski definition) is 2. The molecule has 0 atom stereocenters. The van der Waals surface area contributed by atoms with Gasteiger partial charge in [-0.3, -0.25) is 4.79 Å². The minimum absolute atomic E-state index is 0.00554. The van der Waals surface area contributed by atoms with Crippen molar-refractivity contribution in [1.29, 1.82) is 0 Å². The van der Waals surface area contributed by atoms with Crippen molar-refractivity contribution in [3.63, 3.8) is 0 Å². The summed E-state index contributed by atoms with van der Waals surface area (Å²) in [5, 5.41) is 12.4. The molecule has 2 heterocycles. The Morgan fingerprint density at radius 2 is 1.77 bits per heavy atom. The number of benzene rings is 1. The molecule has 0 bridgehead atoms. The van der Waals surface area contributed by atoms with Crippen molar-refractivity contribution in [2.45, 2.75) is 37.8 Å². The maximum absolute atomic E-state index is 15.9. The fourth-order valence-electron chi connectivity index (χ4n) is 4.19. The molecule has 0 amide bonds. The highest BCUT2D eigenvalue weighted by molar-refractivity contribution is 6.00. The van der Waals surface area contributed by atoms with Crippen LogP contribution in [0.2, 0.25) is 0 Å². The van der Waals surface area contributed by atoms with E-state index in [0.29, 0.717) is 26.2 Å². The second kappa shape index (κ2) is 6.94. The molecule has 1 aromatic carbocycles. The van der Waals surface area contributed by atoms with Gasteiger partial charge in [0.25, 0.3) is 0 Å². The molecule has 0 spiro atoms. The summed E-state index contributed by atoms with van der Waals surface area (Å²) >= 11 is 0. The van der Waals surface area contributed by atoms with Crippen molar-refractivity contribution in [3.05, 3.63) is 33.6 Å². The molecule has 1 aliphatic heterocycles. The number of likely N-dealkylation sites (N-methyl/N-ethyl adjacent to an activating group) is 1. The van der Waals surface area contributed by atoms with Crippen molar-refractivity contribution < 1.29 is 18.7 Å². The van der Waals surface area contributed by atoms with Gasteiger partial charge in [-0.2, -0.15) is 0 Å². The van der Waals surface area contributed by atoms with Crippen LogP contribution < -0.4 is 15.6 Å². The number of carboxylic acid groups (broad SMARTS) is 1. The number of halogens is 2. The Balaban J connectivity index is 1.82. The molecule has 3 aliphatic rings. The molecule has 9 heteroatoms. The van der Waals surface area contributed by atoms with Gasteiger partial charge in [-0.15, -0.1) is 0 Å². The number of aromatic nitrogens is 1. The van der Waals surface area contributed by atoms with Crippen LogP contribution in [0.5, 0.6) is 0 Å². The Kier molecular flexibility index (Phi) is 4.46. The van der Waals surface area contributed by atoms with E-state index in [9.17, 15) is 14.7 Å². The second-order valence-electron chi connectivity index (χ2n) is 8.60.